The minimum atomic E-state index is -0.745. The van der Waals surface area contributed by atoms with Gasteiger partial charge in [0.1, 0.15) is 11.6 Å². The molecule has 0 heterocycles. The summed E-state index contributed by atoms with van der Waals surface area (Å²) in [7, 11) is 0. The lowest BCUT2D eigenvalue weighted by atomic mass is 10.0. The highest BCUT2D eigenvalue weighted by Gasteiger charge is 2.18. The Kier molecular flexibility index (Phi) is 3.32. The van der Waals surface area contributed by atoms with E-state index in [0.717, 1.165) is 12.1 Å². The van der Waals surface area contributed by atoms with E-state index in [2.05, 4.69) is 0 Å². The van der Waals surface area contributed by atoms with Gasteiger partial charge in [0.05, 0.1) is 10.0 Å². The molecule has 2 aromatic carbocycles. The van der Waals surface area contributed by atoms with E-state index in [1.807, 2.05) is 0 Å². The maximum atomic E-state index is 13.8. The molecule has 18 heavy (non-hydrogen) atoms. The summed E-state index contributed by atoms with van der Waals surface area (Å²) in [5.41, 5.74) is 10.9. The first-order valence-corrected chi connectivity index (χ1v) is 5.65. The monoisotopic (exact) mass is 288 g/mol. The summed E-state index contributed by atoms with van der Waals surface area (Å²) in [5.74, 6) is -1.49. The quantitative estimate of drug-likeness (QED) is 0.776. The zero-order chi connectivity index (χ0) is 13.4. The summed E-state index contributed by atoms with van der Waals surface area (Å²) in [6.07, 6.45) is 0. The molecule has 0 amide bonds. The summed E-state index contributed by atoms with van der Waals surface area (Å²) in [6.45, 7) is 0. The van der Waals surface area contributed by atoms with Crippen LogP contribution in [0.1, 0.15) is 0 Å². The Labute approximate surface area is 112 Å². The van der Waals surface area contributed by atoms with Crippen molar-refractivity contribution in [3.8, 4) is 11.1 Å². The van der Waals surface area contributed by atoms with Gasteiger partial charge in [-0.05, 0) is 24.3 Å². The molecule has 0 aromatic heterocycles. The Morgan fingerprint density at radius 1 is 0.722 bits per heavy atom. The molecule has 0 unspecified atom stereocenters. The fourth-order valence-electron chi connectivity index (χ4n) is 1.66. The molecule has 4 N–H and O–H groups in total. The third kappa shape index (κ3) is 2.21. The summed E-state index contributed by atoms with van der Waals surface area (Å²) in [5, 5.41) is -0.0313. The number of benzene rings is 2. The summed E-state index contributed by atoms with van der Waals surface area (Å²) in [4.78, 5) is 0. The van der Waals surface area contributed by atoms with Crippen LogP contribution in [-0.4, -0.2) is 0 Å². The second kappa shape index (κ2) is 4.63. The molecular formula is C12H8Cl2F2N2. The SMILES string of the molecule is Nc1cc(F)c(-c2c(F)cc(N)cc2Cl)c(Cl)c1. The van der Waals surface area contributed by atoms with E-state index < -0.39 is 11.6 Å². The summed E-state index contributed by atoms with van der Waals surface area (Å²) >= 11 is 11.8. The molecular weight excluding hydrogens is 281 g/mol. The molecule has 0 fully saturated rings. The van der Waals surface area contributed by atoms with Gasteiger partial charge in [-0.25, -0.2) is 8.78 Å². The second-order valence-electron chi connectivity index (χ2n) is 3.72. The molecule has 0 saturated heterocycles. The average molecular weight is 289 g/mol. The number of hydrogen-bond acceptors (Lipinski definition) is 2. The summed E-state index contributed by atoms with van der Waals surface area (Å²) < 4.78 is 27.7. The van der Waals surface area contributed by atoms with Crippen LogP contribution < -0.4 is 11.5 Å². The largest absolute Gasteiger partial charge is 0.399 e. The first kappa shape index (κ1) is 12.9. The molecule has 0 saturated carbocycles. The van der Waals surface area contributed by atoms with Gasteiger partial charge in [-0.3, -0.25) is 0 Å². The molecule has 0 aliphatic heterocycles. The molecule has 0 radical (unpaired) electrons. The van der Waals surface area contributed by atoms with Crippen LogP contribution in [0.25, 0.3) is 11.1 Å². The fraction of sp³-hybridized carbons (Fsp3) is 0. The van der Waals surface area contributed by atoms with Crippen molar-refractivity contribution in [3.63, 3.8) is 0 Å². The lowest BCUT2D eigenvalue weighted by Gasteiger charge is -2.11. The van der Waals surface area contributed by atoms with Crippen molar-refractivity contribution in [2.75, 3.05) is 11.5 Å². The fourth-order valence-corrected chi connectivity index (χ4v) is 2.28. The standard InChI is InChI=1S/C12H8Cl2F2N2/c13-7-1-5(17)3-9(15)11(7)12-8(14)2-6(18)4-10(12)16/h1-4H,17-18H2. The van der Waals surface area contributed by atoms with Crippen molar-refractivity contribution >= 4 is 34.6 Å². The molecule has 0 spiro atoms. The van der Waals surface area contributed by atoms with Crippen molar-refractivity contribution in [2.45, 2.75) is 0 Å². The Morgan fingerprint density at radius 2 is 1.06 bits per heavy atom. The molecule has 2 aromatic rings. The highest BCUT2D eigenvalue weighted by atomic mass is 35.5. The van der Waals surface area contributed by atoms with Crippen LogP contribution in [0, 0.1) is 11.6 Å². The molecule has 2 rings (SSSR count). The highest BCUT2D eigenvalue weighted by Crippen LogP contribution is 2.39. The van der Waals surface area contributed by atoms with Crippen LogP contribution in [-0.2, 0) is 0 Å². The number of rotatable bonds is 1. The lowest BCUT2D eigenvalue weighted by molar-refractivity contribution is 0.617. The van der Waals surface area contributed by atoms with Gasteiger partial charge in [-0.15, -0.1) is 0 Å². The zero-order valence-corrected chi connectivity index (χ0v) is 10.5. The van der Waals surface area contributed by atoms with Gasteiger partial charge in [-0.2, -0.15) is 0 Å². The molecule has 2 nitrogen and oxygen atoms in total. The van der Waals surface area contributed by atoms with E-state index in [0.29, 0.717) is 0 Å². The van der Waals surface area contributed by atoms with E-state index in [4.69, 9.17) is 34.7 Å². The third-order valence-corrected chi connectivity index (χ3v) is 2.98. The van der Waals surface area contributed by atoms with Gasteiger partial charge >= 0.3 is 0 Å². The predicted molar refractivity (Wildman–Crippen MR) is 70.6 cm³/mol. The Morgan fingerprint density at radius 3 is 1.33 bits per heavy atom. The van der Waals surface area contributed by atoms with Crippen LogP contribution in [0.15, 0.2) is 24.3 Å². The van der Waals surface area contributed by atoms with Gasteiger partial charge in [0, 0.05) is 22.5 Å². The first-order valence-electron chi connectivity index (χ1n) is 4.89. The Balaban J connectivity index is 2.78. The number of hydrogen-bond donors (Lipinski definition) is 2. The minimum absolute atomic E-state index is 0.0157. The molecule has 6 heteroatoms. The van der Waals surface area contributed by atoms with E-state index in [1.165, 1.54) is 12.1 Å². The zero-order valence-electron chi connectivity index (χ0n) is 8.98. The van der Waals surface area contributed by atoms with Gasteiger partial charge in [0.15, 0.2) is 0 Å². The third-order valence-electron chi connectivity index (χ3n) is 2.38. The first-order chi connectivity index (χ1) is 8.40. The summed E-state index contributed by atoms with van der Waals surface area (Å²) in [6, 6.07) is 4.75. The van der Waals surface area contributed by atoms with Gasteiger partial charge in [0.2, 0.25) is 0 Å². The molecule has 0 aliphatic carbocycles. The van der Waals surface area contributed by atoms with Crippen LogP contribution in [0.2, 0.25) is 10.0 Å². The van der Waals surface area contributed by atoms with E-state index in [-0.39, 0.29) is 32.5 Å². The number of nitrogen functional groups attached to an aromatic ring is 2. The molecule has 0 atom stereocenters. The van der Waals surface area contributed by atoms with Crippen LogP contribution in [0.3, 0.4) is 0 Å². The molecule has 94 valence electrons. The smallest absolute Gasteiger partial charge is 0.134 e. The van der Waals surface area contributed by atoms with Gasteiger partial charge < -0.3 is 11.5 Å². The molecule has 0 aliphatic rings. The number of anilines is 2. The Bertz CT molecular complexity index is 528. The van der Waals surface area contributed by atoms with Crippen LogP contribution >= 0.6 is 23.2 Å². The maximum absolute atomic E-state index is 13.8. The van der Waals surface area contributed by atoms with E-state index in [9.17, 15) is 8.78 Å². The highest BCUT2D eigenvalue weighted by molar-refractivity contribution is 6.36. The average Bonchev–Trinajstić information content (AvgIpc) is 2.20. The minimum Gasteiger partial charge on any atom is -0.399 e. The van der Waals surface area contributed by atoms with Crippen molar-refractivity contribution in [3.05, 3.63) is 45.9 Å². The van der Waals surface area contributed by atoms with Gasteiger partial charge in [0.25, 0.3) is 0 Å². The van der Waals surface area contributed by atoms with Crippen molar-refractivity contribution in [1.82, 2.24) is 0 Å². The van der Waals surface area contributed by atoms with Crippen molar-refractivity contribution < 1.29 is 8.78 Å². The van der Waals surface area contributed by atoms with Gasteiger partial charge in [-0.1, -0.05) is 23.2 Å². The van der Waals surface area contributed by atoms with E-state index >= 15 is 0 Å². The van der Waals surface area contributed by atoms with Crippen LogP contribution in [0.4, 0.5) is 20.2 Å². The maximum Gasteiger partial charge on any atom is 0.134 e. The number of halogens is 4. The van der Waals surface area contributed by atoms with Crippen LogP contribution in [0.5, 0.6) is 0 Å². The Hall–Kier alpha value is -1.52. The van der Waals surface area contributed by atoms with Crippen molar-refractivity contribution in [2.24, 2.45) is 0 Å². The topological polar surface area (TPSA) is 52.0 Å². The van der Waals surface area contributed by atoms with E-state index in [1.54, 1.807) is 0 Å². The normalized spacial score (nSPS) is 10.7. The lowest BCUT2D eigenvalue weighted by Crippen LogP contribution is -1.96. The second-order valence-corrected chi connectivity index (χ2v) is 4.53. The number of nitrogens with two attached hydrogens (primary N) is 2. The van der Waals surface area contributed by atoms with Crippen molar-refractivity contribution in [1.29, 1.82) is 0 Å². The predicted octanol–water partition coefficient (Wildman–Crippen LogP) is 4.10. The molecule has 0 bridgehead atoms.